The molecule has 1 aromatic carbocycles. The monoisotopic (exact) mass is 654 g/mol. The van der Waals surface area contributed by atoms with Crippen molar-refractivity contribution in [1.82, 2.24) is 9.62 Å². The van der Waals surface area contributed by atoms with E-state index in [-0.39, 0.29) is 28.7 Å². The fraction of sp³-hybridized carbons (Fsp3) is 0.222. The van der Waals surface area contributed by atoms with Crippen molar-refractivity contribution < 1.29 is 51.4 Å². The molecule has 0 aliphatic carbocycles. The number of amidine groups is 2. The number of amides is 1. The van der Waals surface area contributed by atoms with Gasteiger partial charge in [0.25, 0.3) is 0 Å². The van der Waals surface area contributed by atoms with Gasteiger partial charge in [-0.05, 0) is 0 Å². The van der Waals surface area contributed by atoms with E-state index >= 15 is 0 Å². The van der Waals surface area contributed by atoms with Crippen molar-refractivity contribution in [2.75, 3.05) is 19.4 Å². The summed E-state index contributed by atoms with van der Waals surface area (Å²) in [5, 5.41) is 13.2. The summed E-state index contributed by atoms with van der Waals surface area (Å²) in [5.41, 5.74) is 1.07. The summed E-state index contributed by atoms with van der Waals surface area (Å²) in [6, 6.07) is 5.70. The van der Waals surface area contributed by atoms with Crippen LogP contribution >= 0.6 is 0 Å². The molecule has 0 spiro atoms. The second-order valence-electron chi connectivity index (χ2n) is 6.59. The van der Waals surface area contributed by atoms with E-state index in [0.29, 0.717) is 34.5 Å². The first kappa shape index (κ1) is 22.2. The number of carbonyl (C=O) groups is 1. The molecule has 0 bridgehead atoms. The molecule has 10 nitrogen and oxygen atoms in total. The van der Waals surface area contributed by atoms with E-state index in [1.54, 1.807) is 32.5 Å². The predicted molar refractivity (Wildman–Crippen MR) is 107 cm³/mol. The van der Waals surface area contributed by atoms with Crippen LogP contribution in [0.2, 0.25) is 0 Å². The van der Waals surface area contributed by atoms with Gasteiger partial charge in [-0.25, -0.2) is 0 Å². The van der Waals surface area contributed by atoms with Crippen LogP contribution in [0, 0.1) is 38.4 Å². The molecule has 1 amide bonds. The number of nitrogens with zero attached hydrogens (tertiary/aromatic N) is 3. The van der Waals surface area contributed by atoms with Gasteiger partial charge < -0.3 is 0 Å². The Kier molecular flexibility index (Phi) is 6.43. The minimum absolute atomic E-state index is 0.0498. The van der Waals surface area contributed by atoms with E-state index < -0.39 is 22.2 Å². The standard InChI is InChI=1S/C18H18N5O5S.U/c1-10-8-14(28-9-10)11(2)19-16-17(22-29(26,27)21-16)20-13-7-5-6-12(15(13)24)18(25)23(3)4;/h5-9,11,24H,1,3-4H3,(H,19,21)(H,20,22);. The SMILES string of the molecule is Cc1coc(C([C]#[U])N=C2NS(=O)(=O)N=C2Nc2cccc(C(=O)N(C)C)c2O)c1. The number of benzene rings is 1. The molecule has 1 aliphatic rings. The van der Waals surface area contributed by atoms with E-state index in [1.165, 1.54) is 17.0 Å². The summed E-state index contributed by atoms with van der Waals surface area (Å²) >= 11 is 0.333. The van der Waals surface area contributed by atoms with Gasteiger partial charge in [0.1, 0.15) is 0 Å². The van der Waals surface area contributed by atoms with Gasteiger partial charge in [-0.15, -0.1) is 0 Å². The number of nitrogens with one attached hydrogen (secondary N) is 2. The first-order valence-corrected chi connectivity index (χ1v) is 12.1. The van der Waals surface area contributed by atoms with Crippen molar-refractivity contribution in [3.63, 3.8) is 0 Å². The second kappa shape index (κ2) is 8.70. The summed E-state index contributed by atoms with van der Waals surface area (Å²) < 4.78 is 38.5. The van der Waals surface area contributed by atoms with E-state index in [0.717, 1.165) is 5.56 Å². The van der Waals surface area contributed by atoms with Crippen LogP contribution < -0.4 is 10.0 Å². The fourth-order valence-corrected chi connectivity index (χ4v) is 4.28. The number of phenols is 1. The van der Waals surface area contributed by atoms with Crippen LogP contribution in [0.5, 0.6) is 5.75 Å². The Morgan fingerprint density at radius 1 is 1.43 bits per heavy atom. The third-order valence-electron chi connectivity index (χ3n) is 4.00. The number of hydrogen-bond acceptors (Lipinski definition) is 7. The van der Waals surface area contributed by atoms with Crippen molar-refractivity contribution >= 4 is 33.5 Å². The molecule has 1 atom stereocenters. The number of aliphatic imine (C=N–C) groups is 1. The van der Waals surface area contributed by atoms with Crippen LogP contribution in [-0.4, -0.2) is 50.1 Å². The molecule has 2 heterocycles. The van der Waals surface area contributed by atoms with Crippen molar-refractivity contribution in [3.05, 3.63) is 47.4 Å². The molecule has 3 N–H and O–H groups in total. The number of aromatic hydroxyl groups is 1. The molecule has 30 heavy (non-hydrogen) atoms. The molecule has 1 aromatic heterocycles. The molecule has 155 valence electrons. The van der Waals surface area contributed by atoms with Crippen LogP contribution in [0.4, 0.5) is 5.69 Å². The van der Waals surface area contributed by atoms with Crippen molar-refractivity contribution in [3.8, 4) is 8.57 Å². The molecule has 1 aliphatic heterocycles. The second-order valence-corrected chi connectivity index (χ2v) is 9.13. The van der Waals surface area contributed by atoms with Gasteiger partial charge >= 0.3 is 192 Å². The van der Waals surface area contributed by atoms with Crippen molar-refractivity contribution in [1.29, 1.82) is 0 Å². The number of rotatable bonds is 4. The quantitative estimate of drug-likeness (QED) is 0.426. The predicted octanol–water partition coefficient (Wildman–Crippen LogP) is 1.30. The van der Waals surface area contributed by atoms with Crippen LogP contribution in [0.3, 0.4) is 0 Å². The number of para-hydroxylation sites is 1. The Morgan fingerprint density at radius 2 is 2.17 bits per heavy atom. The molecule has 0 radical (unpaired) electrons. The fourth-order valence-electron chi connectivity index (χ4n) is 2.60. The Balaban J connectivity index is 1.97. The average Bonchev–Trinajstić information content (AvgIpc) is 3.23. The summed E-state index contributed by atoms with van der Waals surface area (Å²) in [6.45, 7) is 1.87. The van der Waals surface area contributed by atoms with Crippen LogP contribution in [0.1, 0.15) is 27.7 Å². The van der Waals surface area contributed by atoms with Crippen LogP contribution in [0.25, 0.3) is 0 Å². The summed E-state index contributed by atoms with van der Waals surface area (Å²) in [5.74, 6) is -0.378. The van der Waals surface area contributed by atoms with Gasteiger partial charge in [-0.1, -0.05) is 0 Å². The topological polar surface area (TPSA) is 137 Å². The molecule has 0 fully saturated rings. The van der Waals surface area contributed by atoms with Gasteiger partial charge in [-0.2, -0.15) is 0 Å². The van der Waals surface area contributed by atoms with Crippen molar-refractivity contribution in [2.45, 2.75) is 13.0 Å². The Labute approximate surface area is 191 Å². The summed E-state index contributed by atoms with van der Waals surface area (Å²) in [7, 11) is -0.889. The molecular formula is C18H18N5O5SU. The first-order valence-electron chi connectivity index (χ1n) is 8.60. The normalized spacial score (nSPS) is 17.1. The molecule has 2 aromatic rings. The molecule has 0 saturated carbocycles. The van der Waals surface area contributed by atoms with E-state index in [9.17, 15) is 18.3 Å². The van der Waals surface area contributed by atoms with Crippen molar-refractivity contribution in [2.24, 2.45) is 9.39 Å². The number of carbonyl (C=O) groups excluding carboxylic acids is 1. The van der Waals surface area contributed by atoms with E-state index in [1.807, 2.05) is 6.92 Å². The summed E-state index contributed by atoms with van der Waals surface area (Å²) in [4.78, 5) is 17.9. The van der Waals surface area contributed by atoms with Gasteiger partial charge in [0.15, 0.2) is 0 Å². The molecule has 0 saturated heterocycles. The Morgan fingerprint density at radius 3 is 2.77 bits per heavy atom. The average molecular weight is 654 g/mol. The molecule has 12 heteroatoms. The third-order valence-corrected chi connectivity index (χ3v) is 6.02. The van der Waals surface area contributed by atoms with Gasteiger partial charge in [0, 0.05) is 0 Å². The number of hydrogen-bond donors (Lipinski definition) is 3. The number of aryl methyl sites for hydroxylation is 1. The van der Waals surface area contributed by atoms with Gasteiger partial charge in [-0.3, -0.25) is 0 Å². The van der Waals surface area contributed by atoms with Gasteiger partial charge in [0.05, 0.1) is 0 Å². The number of phenolic OH excluding ortho intramolecular Hbond substituents is 1. The van der Waals surface area contributed by atoms with Crippen LogP contribution in [-0.2, 0) is 10.2 Å². The maximum absolute atomic E-state index is 12.2. The maximum atomic E-state index is 12.2. The Hall–Kier alpha value is -2.51. The summed E-state index contributed by atoms with van der Waals surface area (Å²) in [6.07, 6.45) is 1.57. The first-order chi connectivity index (χ1) is 14.1. The zero-order valence-electron chi connectivity index (χ0n) is 16.3. The molecule has 3 rings (SSSR count). The Bertz CT molecular complexity index is 1210. The third kappa shape index (κ3) is 4.79. The number of furan rings is 1. The van der Waals surface area contributed by atoms with Gasteiger partial charge in [0.2, 0.25) is 0 Å². The molecular weight excluding hydrogens is 636 g/mol. The van der Waals surface area contributed by atoms with E-state index in [4.69, 9.17) is 4.42 Å². The zero-order valence-corrected chi connectivity index (χ0v) is 21.3. The molecule has 1 unspecified atom stereocenters. The number of anilines is 1. The van der Waals surface area contributed by atoms with Crippen LogP contribution in [0.15, 0.2) is 44.3 Å². The van der Waals surface area contributed by atoms with E-state index in [2.05, 4.69) is 22.2 Å². The minimum atomic E-state index is -4.01. The zero-order chi connectivity index (χ0) is 22.1.